The normalized spacial score (nSPS) is 19.6. The Hall–Kier alpha value is -0.820. The van der Waals surface area contributed by atoms with Gasteiger partial charge in [0.1, 0.15) is 5.75 Å². The highest BCUT2D eigenvalue weighted by Crippen LogP contribution is 2.26. The minimum absolute atomic E-state index is 0.149. The van der Waals surface area contributed by atoms with E-state index >= 15 is 0 Å². The van der Waals surface area contributed by atoms with Crippen LogP contribution in [0.1, 0.15) is 12.8 Å². The minimum Gasteiger partial charge on any atom is -0.495 e. The van der Waals surface area contributed by atoms with E-state index in [4.69, 9.17) is 16.3 Å². The predicted molar refractivity (Wildman–Crippen MR) is 74.2 cm³/mol. The van der Waals surface area contributed by atoms with Crippen molar-refractivity contribution in [3.05, 3.63) is 23.2 Å². The van der Waals surface area contributed by atoms with Gasteiger partial charge in [-0.2, -0.15) is 0 Å². The summed E-state index contributed by atoms with van der Waals surface area (Å²) in [6.45, 7) is 1.34. The van der Waals surface area contributed by atoms with E-state index in [1.54, 1.807) is 6.07 Å². The summed E-state index contributed by atoms with van der Waals surface area (Å²) in [4.78, 5) is 0.149. The summed E-state index contributed by atoms with van der Waals surface area (Å²) in [5, 5.41) is 3.52. The Labute approximate surface area is 118 Å². The van der Waals surface area contributed by atoms with E-state index in [1.807, 2.05) is 0 Å². The zero-order valence-electron chi connectivity index (χ0n) is 10.6. The Balaban J connectivity index is 2.08. The zero-order chi connectivity index (χ0) is 13.9. The number of halogens is 1. The number of benzene rings is 1. The SMILES string of the molecule is COc1ccc(S(=O)(=O)NCC2CCCN2)cc1Cl. The Bertz CT molecular complexity index is 542. The quantitative estimate of drug-likeness (QED) is 0.862. The van der Waals surface area contributed by atoms with Gasteiger partial charge >= 0.3 is 0 Å². The first-order chi connectivity index (χ1) is 9.03. The molecule has 5 nitrogen and oxygen atoms in total. The van der Waals surface area contributed by atoms with Gasteiger partial charge in [0.05, 0.1) is 17.0 Å². The van der Waals surface area contributed by atoms with Crippen molar-refractivity contribution in [2.45, 2.75) is 23.8 Å². The molecular formula is C12H17ClN2O3S. The standard InChI is InChI=1S/C12H17ClN2O3S/c1-18-12-5-4-10(7-11(12)13)19(16,17)15-8-9-3-2-6-14-9/h4-5,7,9,14-15H,2-3,6,8H2,1H3. The Morgan fingerprint density at radius 1 is 1.53 bits per heavy atom. The van der Waals surface area contributed by atoms with E-state index in [9.17, 15) is 8.42 Å². The van der Waals surface area contributed by atoms with Crippen molar-refractivity contribution in [3.8, 4) is 5.75 Å². The van der Waals surface area contributed by atoms with Gasteiger partial charge in [-0.15, -0.1) is 0 Å². The maximum Gasteiger partial charge on any atom is 0.240 e. The van der Waals surface area contributed by atoms with E-state index in [0.29, 0.717) is 12.3 Å². The van der Waals surface area contributed by atoms with Crippen molar-refractivity contribution in [2.75, 3.05) is 20.2 Å². The number of methoxy groups -OCH3 is 1. The van der Waals surface area contributed by atoms with Crippen LogP contribution in [0.5, 0.6) is 5.75 Å². The van der Waals surface area contributed by atoms with Gasteiger partial charge in [-0.05, 0) is 37.6 Å². The van der Waals surface area contributed by atoms with Crippen LogP contribution in [0, 0.1) is 0 Å². The molecule has 0 aliphatic carbocycles. The second-order valence-electron chi connectivity index (χ2n) is 4.44. The number of sulfonamides is 1. The molecule has 1 saturated heterocycles. The Morgan fingerprint density at radius 2 is 2.32 bits per heavy atom. The molecule has 1 aliphatic heterocycles. The molecule has 1 aromatic rings. The van der Waals surface area contributed by atoms with Crippen molar-refractivity contribution in [2.24, 2.45) is 0 Å². The second-order valence-corrected chi connectivity index (χ2v) is 6.62. The molecule has 0 radical (unpaired) electrons. The first kappa shape index (κ1) is 14.6. The fraction of sp³-hybridized carbons (Fsp3) is 0.500. The molecular weight excluding hydrogens is 288 g/mol. The molecule has 1 fully saturated rings. The molecule has 2 rings (SSSR count). The summed E-state index contributed by atoms with van der Waals surface area (Å²) in [6.07, 6.45) is 2.08. The van der Waals surface area contributed by atoms with Crippen molar-refractivity contribution >= 4 is 21.6 Å². The van der Waals surface area contributed by atoms with E-state index < -0.39 is 10.0 Å². The van der Waals surface area contributed by atoms with E-state index in [1.165, 1.54) is 19.2 Å². The van der Waals surface area contributed by atoms with Crippen LogP contribution in [0.2, 0.25) is 5.02 Å². The van der Waals surface area contributed by atoms with Crippen LogP contribution in [0.25, 0.3) is 0 Å². The molecule has 1 aliphatic rings. The molecule has 0 bridgehead atoms. The largest absolute Gasteiger partial charge is 0.495 e. The van der Waals surface area contributed by atoms with Crippen molar-refractivity contribution in [1.82, 2.24) is 10.0 Å². The van der Waals surface area contributed by atoms with Gasteiger partial charge in [0.15, 0.2) is 0 Å². The van der Waals surface area contributed by atoms with Crippen molar-refractivity contribution < 1.29 is 13.2 Å². The summed E-state index contributed by atoms with van der Waals surface area (Å²) in [5.41, 5.74) is 0. The molecule has 0 saturated carbocycles. The topological polar surface area (TPSA) is 67.4 Å². The lowest BCUT2D eigenvalue weighted by atomic mass is 10.2. The lowest BCUT2D eigenvalue weighted by Crippen LogP contribution is -2.37. The lowest BCUT2D eigenvalue weighted by Gasteiger charge is -2.12. The lowest BCUT2D eigenvalue weighted by molar-refractivity contribution is 0.414. The average molecular weight is 305 g/mol. The number of hydrogen-bond donors (Lipinski definition) is 2. The Morgan fingerprint density at radius 3 is 2.89 bits per heavy atom. The predicted octanol–water partition coefficient (Wildman–Crippen LogP) is 1.38. The van der Waals surface area contributed by atoms with Gasteiger partial charge in [-0.1, -0.05) is 11.6 Å². The molecule has 1 aromatic carbocycles. The fourth-order valence-electron chi connectivity index (χ4n) is 2.04. The van der Waals surface area contributed by atoms with E-state index in [0.717, 1.165) is 19.4 Å². The maximum atomic E-state index is 12.1. The van der Waals surface area contributed by atoms with Gasteiger partial charge in [0, 0.05) is 12.6 Å². The smallest absolute Gasteiger partial charge is 0.240 e. The van der Waals surface area contributed by atoms with Crippen LogP contribution < -0.4 is 14.8 Å². The highest BCUT2D eigenvalue weighted by molar-refractivity contribution is 7.89. The minimum atomic E-state index is -3.53. The highest BCUT2D eigenvalue weighted by atomic mass is 35.5. The summed E-state index contributed by atoms with van der Waals surface area (Å²) in [5.74, 6) is 0.457. The first-order valence-electron chi connectivity index (χ1n) is 6.09. The van der Waals surface area contributed by atoms with Crippen LogP contribution in [-0.2, 0) is 10.0 Å². The van der Waals surface area contributed by atoms with E-state index in [2.05, 4.69) is 10.0 Å². The summed E-state index contributed by atoms with van der Waals surface area (Å²) in [6, 6.07) is 4.63. The van der Waals surface area contributed by atoms with Crippen LogP contribution in [-0.4, -0.2) is 34.7 Å². The second kappa shape index (κ2) is 6.09. The molecule has 0 spiro atoms. The molecule has 106 valence electrons. The summed E-state index contributed by atoms with van der Waals surface area (Å²) >= 11 is 5.93. The fourth-order valence-corrected chi connectivity index (χ4v) is 3.47. The first-order valence-corrected chi connectivity index (χ1v) is 7.95. The number of hydrogen-bond acceptors (Lipinski definition) is 4. The van der Waals surface area contributed by atoms with Gasteiger partial charge < -0.3 is 10.1 Å². The molecule has 0 amide bonds. The molecule has 1 heterocycles. The van der Waals surface area contributed by atoms with Crippen molar-refractivity contribution in [3.63, 3.8) is 0 Å². The number of nitrogens with one attached hydrogen (secondary N) is 2. The molecule has 7 heteroatoms. The van der Waals surface area contributed by atoms with Gasteiger partial charge in [-0.25, -0.2) is 13.1 Å². The van der Waals surface area contributed by atoms with Crippen LogP contribution in [0.4, 0.5) is 0 Å². The average Bonchev–Trinajstić information content (AvgIpc) is 2.89. The highest BCUT2D eigenvalue weighted by Gasteiger charge is 2.20. The summed E-state index contributed by atoms with van der Waals surface area (Å²) < 4.78 is 31.8. The van der Waals surface area contributed by atoms with Crippen LogP contribution in [0.3, 0.4) is 0 Å². The van der Waals surface area contributed by atoms with Crippen LogP contribution in [0.15, 0.2) is 23.1 Å². The monoisotopic (exact) mass is 304 g/mol. The van der Waals surface area contributed by atoms with E-state index in [-0.39, 0.29) is 16.0 Å². The number of ether oxygens (including phenoxy) is 1. The molecule has 1 unspecified atom stereocenters. The molecule has 2 N–H and O–H groups in total. The Kier molecular flexibility index (Phi) is 4.67. The zero-order valence-corrected chi connectivity index (χ0v) is 12.2. The molecule has 0 aromatic heterocycles. The number of rotatable bonds is 5. The third-order valence-electron chi connectivity index (χ3n) is 3.12. The van der Waals surface area contributed by atoms with Gasteiger partial charge in [0.25, 0.3) is 0 Å². The van der Waals surface area contributed by atoms with Gasteiger partial charge in [-0.3, -0.25) is 0 Å². The third kappa shape index (κ3) is 3.60. The van der Waals surface area contributed by atoms with Crippen molar-refractivity contribution in [1.29, 1.82) is 0 Å². The molecule has 19 heavy (non-hydrogen) atoms. The molecule has 1 atom stereocenters. The third-order valence-corrected chi connectivity index (χ3v) is 4.83. The van der Waals surface area contributed by atoms with Gasteiger partial charge in [0.2, 0.25) is 10.0 Å². The van der Waals surface area contributed by atoms with Crippen LogP contribution >= 0.6 is 11.6 Å². The maximum absolute atomic E-state index is 12.1. The summed E-state index contributed by atoms with van der Waals surface area (Å²) in [7, 11) is -2.04.